The van der Waals surface area contributed by atoms with Crippen LogP contribution in [0.2, 0.25) is 0 Å². The molecule has 1 amide bonds. The normalized spacial score (nSPS) is 17.2. The summed E-state index contributed by atoms with van der Waals surface area (Å²) in [6.07, 6.45) is 3.12. The molecule has 3 aliphatic rings. The van der Waals surface area contributed by atoms with Crippen molar-refractivity contribution >= 4 is 82.4 Å². The Balaban J connectivity index is 1.82. The Morgan fingerprint density at radius 1 is 0.745 bits per heavy atom. The molecule has 0 saturated carbocycles. The van der Waals surface area contributed by atoms with Gasteiger partial charge in [0.05, 0.1) is 59.0 Å². The topological polar surface area (TPSA) is 144 Å². The van der Waals surface area contributed by atoms with E-state index in [9.17, 15) is 24.0 Å². The van der Waals surface area contributed by atoms with E-state index in [2.05, 4.69) is 0 Å². The molecule has 5 rings (SSSR count). The molecule has 0 fully saturated rings. The number of benzene rings is 2. The van der Waals surface area contributed by atoms with Gasteiger partial charge in [-0.3, -0.25) is 9.69 Å². The third-order valence-corrected chi connectivity index (χ3v) is 12.8. The SMILES string of the molecule is CCOc1ccc2c(c1)N(C(=O)/C=C/c1ccc(OC)cc1)C(C)(C)C1=C2C2(SC(C(=O)OC)=C(C(=O)OC)S2)C(C(=O)OC)=C(C(=O)OC)S1. The van der Waals surface area contributed by atoms with Gasteiger partial charge in [0, 0.05) is 28.2 Å². The van der Waals surface area contributed by atoms with Crippen molar-refractivity contribution in [2.75, 3.05) is 47.1 Å². The van der Waals surface area contributed by atoms with E-state index >= 15 is 0 Å². The predicted molar refractivity (Wildman–Crippen MR) is 196 cm³/mol. The molecule has 51 heavy (non-hydrogen) atoms. The van der Waals surface area contributed by atoms with Crippen molar-refractivity contribution in [2.24, 2.45) is 0 Å². The number of methoxy groups -OCH3 is 5. The van der Waals surface area contributed by atoms with Gasteiger partial charge in [-0.1, -0.05) is 47.4 Å². The lowest BCUT2D eigenvalue weighted by Crippen LogP contribution is -2.53. The summed E-state index contributed by atoms with van der Waals surface area (Å²) < 4.78 is 29.9. The molecule has 1 spiro atoms. The van der Waals surface area contributed by atoms with Crippen molar-refractivity contribution in [1.29, 1.82) is 0 Å². The van der Waals surface area contributed by atoms with Crippen LogP contribution in [0.1, 0.15) is 31.9 Å². The monoisotopic (exact) mass is 753 g/mol. The van der Waals surface area contributed by atoms with Crippen LogP contribution in [0.5, 0.6) is 11.5 Å². The maximum Gasteiger partial charge on any atom is 0.345 e. The molecular formula is C36H35NO11S3. The van der Waals surface area contributed by atoms with Crippen LogP contribution < -0.4 is 14.4 Å². The Morgan fingerprint density at radius 2 is 1.29 bits per heavy atom. The molecule has 2 aromatic carbocycles. The largest absolute Gasteiger partial charge is 0.497 e. The summed E-state index contributed by atoms with van der Waals surface area (Å²) in [5.74, 6) is -2.71. The fourth-order valence-electron chi connectivity index (χ4n) is 5.90. The zero-order valence-corrected chi connectivity index (χ0v) is 31.5. The van der Waals surface area contributed by atoms with E-state index in [1.807, 2.05) is 19.1 Å². The molecule has 0 unspecified atom stereocenters. The van der Waals surface area contributed by atoms with Crippen molar-refractivity contribution in [3.8, 4) is 11.5 Å². The number of hydrogen-bond acceptors (Lipinski definition) is 14. The van der Waals surface area contributed by atoms with Gasteiger partial charge in [-0.05, 0) is 56.7 Å². The van der Waals surface area contributed by atoms with Crippen molar-refractivity contribution in [3.05, 3.63) is 84.9 Å². The first-order valence-corrected chi connectivity index (χ1v) is 17.8. The summed E-state index contributed by atoms with van der Waals surface area (Å²) >= 11 is 2.67. The van der Waals surface area contributed by atoms with Crippen LogP contribution in [0.3, 0.4) is 0 Å². The van der Waals surface area contributed by atoms with Gasteiger partial charge in [0.25, 0.3) is 5.91 Å². The van der Waals surface area contributed by atoms with Crippen LogP contribution in [-0.4, -0.2) is 81.6 Å². The van der Waals surface area contributed by atoms with Gasteiger partial charge < -0.3 is 28.4 Å². The highest BCUT2D eigenvalue weighted by atomic mass is 32.2. The Morgan fingerprint density at radius 3 is 1.82 bits per heavy atom. The predicted octanol–water partition coefficient (Wildman–Crippen LogP) is 5.72. The van der Waals surface area contributed by atoms with Crippen LogP contribution in [0.25, 0.3) is 11.6 Å². The number of rotatable bonds is 9. The Labute approximate surface area is 307 Å². The van der Waals surface area contributed by atoms with E-state index in [1.165, 1.54) is 13.2 Å². The molecule has 0 atom stereocenters. The zero-order valence-electron chi connectivity index (χ0n) is 29.1. The Kier molecular flexibility index (Phi) is 11.0. The number of nitrogens with zero attached hydrogens (tertiary/aromatic N) is 1. The number of ether oxygens (including phenoxy) is 6. The number of esters is 4. The number of amides is 1. The fraction of sp³-hybridized carbons (Fsp3) is 0.306. The average molecular weight is 754 g/mol. The minimum atomic E-state index is -1.70. The molecule has 0 N–H and O–H groups in total. The van der Waals surface area contributed by atoms with Crippen LogP contribution >= 0.6 is 35.3 Å². The number of anilines is 1. The van der Waals surface area contributed by atoms with Gasteiger partial charge in [-0.15, -0.1) is 0 Å². The number of carbonyl (C=O) groups is 5. The molecule has 0 aliphatic carbocycles. The third-order valence-electron chi connectivity index (χ3n) is 8.18. The van der Waals surface area contributed by atoms with Gasteiger partial charge in [-0.2, -0.15) is 0 Å². The second kappa shape index (κ2) is 14.9. The minimum absolute atomic E-state index is 0.134. The quantitative estimate of drug-likeness (QED) is 0.175. The molecule has 0 bridgehead atoms. The highest BCUT2D eigenvalue weighted by Crippen LogP contribution is 2.71. The average Bonchev–Trinajstić information content (AvgIpc) is 3.52. The highest BCUT2D eigenvalue weighted by molar-refractivity contribution is 8.26. The van der Waals surface area contributed by atoms with Gasteiger partial charge in [0.1, 0.15) is 30.3 Å². The molecule has 0 saturated heterocycles. The molecule has 12 nitrogen and oxygen atoms in total. The molecule has 268 valence electrons. The summed E-state index contributed by atoms with van der Waals surface area (Å²) in [5.41, 5.74) is 0.738. The maximum absolute atomic E-state index is 14.4. The van der Waals surface area contributed by atoms with Crippen molar-refractivity contribution in [2.45, 2.75) is 30.4 Å². The van der Waals surface area contributed by atoms with E-state index in [0.29, 0.717) is 39.8 Å². The number of fused-ring (bicyclic) bond motifs is 3. The molecule has 3 aliphatic heterocycles. The molecule has 0 radical (unpaired) electrons. The number of carbonyl (C=O) groups excluding carboxylic acids is 5. The first-order valence-electron chi connectivity index (χ1n) is 15.4. The molecular weight excluding hydrogens is 719 g/mol. The lowest BCUT2D eigenvalue weighted by molar-refractivity contribution is -0.138. The molecule has 2 aromatic rings. The smallest absolute Gasteiger partial charge is 0.345 e. The number of thioether (sulfide) groups is 3. The van der Waals surface area contributed by atoms with Crippen LogP contribution in [0.15, 0.2) is 73.7 Å². The lowest BCUT2D eigenvalue weighted by Gasteiger charge is -2.50. The third kappa shape index (κ3) is 6.53. The lowest BCUT2D eigenvalue weighted by atomic mass is 9.83. The fourth-order valence-corrected chi connectivity index (χ4v) is 11.0. The summed E-state index contributed by atoms with van der Waals surface area (Å²) in [7, 11) is 6.23. The maximum atomic E-state index is 14.4. The summed E-state index contributed by atoms with van der Waals surface area (Å²) in [5, 5.41) is 0. The second-order valence-corrected chi connectivity index (χ2v) is 15.1. The van der Waals surface area contributed by atoms with Crippen LogP contribution in [0.4, 0.5) is 5.69 Å². The molecule has 3 heterocycles. The van der Waals surface area contributed by atoms with E-state index in [-0.39, 0.29) is 20.3 Å². The van der Waals surface area contributed by atoms with E-state index in [1.54, 1.807) is 62.3 Å². The first kappa shape index (κ1) is 37.7. The van der Waals surface area contributed by atoms with E-state index in [0.717, 1.165) is 62.2 Å². The minimum Gasteiger partial charge on any atom is -0.497 e. The van der Waals surface area contributed by atoms with Gasteiger partial charge in [0.15, 0.2) is 0 Å². The standard InChI is InChI=1S/C36H35NO11S3/c1-9-48-21-15-16-22-23(18-21)37(24(38)17-12-19-10-13-20(43-4)14-11-19)35(2,3)30-25(22)36(26(31(39)44-5)27(49-30)32(40)45-6)50-28(33(41)46-7)29(51-36)34(42)47-8/h10-18H,9H2,1-8H3/b17-12+. The molecule has 15 heteroatoms. The van der Waals surface area contributed by atoms with Crippen LogP contribution in [-0.2, 0) is 42.9 Å². The highest BCUT2D eigenvalue weighted by Gasteiger charge is 2.61. The van der Waals surface area contributed by atoms with Gasteiger partial charge in [-0.25, -0.2) is 19.2 Å². The van der Waals surface area contributed by atoms with E-state index in [4.69, 9.17) is 28.4 Å². The van der Waals surface area contributed by atoms with Crippen molar-refractivity contribution in [1.82, 2.24) is 0 Å². The zero-order chi connectivity index (χ0) is 37.2. The second-order valence-electron chi connectivity index (χ2n) is 11.4. The Hall–Kier alpha value is -4.60. The number of hydrogen-bond donors (Lipinski definition) is 0. The van der Waals surface area contributed by atoms with Gasteiger partial charge in [0.2, 0.25) is 0 Å². The van der Waals surface area contributed by atoms with E-state index < -0.39 is 39.4 Å². The summed E-state index contributed by atoms with van der Waals surface area (Å²) in [6.45, 7) is 5.78. The first-order chi connectivity index (χ1) is 24.3. The molecule has 0 aromatic heterocycles. The summed E-state index contributed by atoms with van der Waals surface area (Å²) in [6, 6.07) is 12.4. The van der Waals surface area contributed by atoms with Gasteiger partial charge >= 0.3 is 23.9 Å². The Bertz CT molecular complexity index is 1910. The van der Waals surface area contributed by atoms with Crippen molar-refractivity contribution < 1.29 is 52.4 Å². The summed E-state index contributed by atoms with van der Waals surface area (Å²) in [4.78, 5) is 70.0. The van der Waals surface area contributed by atoms with Crippen molar-refractivity contribution in [3.63, 3.8) is 0 Å². The van der Waals surface area contributed by atoms with Crippen LogP contribution in [0, 0.1) is 0 Å².